The van der Waals surface area contributed by atoms with E-state index in [1.54, 1.807) is 11.3 Å². The number of aryl methyl sites for hydroxylation is 2. The van der Waals surface area contributed by atoms with Gasteiger partial charge in [0.2, 0.25) is 0 Å². The number of rotatable bonds is 1. The molecule has 2 aromatic rings. The maximum absolute atomic E-state index is 4.33. The highest BCUT2D eigenvalue weighted by molar-refractivity contribution is 7.16. The summed E-state index contributed by atoms with van der Waals surface area (Å²) < 4.78 is 0. The molecule has 2 aromatic heterocycles. The van der Waals surface area contributed by atoms with Gasteiger partial charge in [-0.05, 0) is 35.9 Å². The summed E-state index contributed by atoms with van der Waals surface area (Å²) in [6.45, 7) is 4.34. The van der Waals surface area contributed by atoms with Gasteiger partial charge in [-0.25, -0.2) is 4.98 Å². The molecule has 0 radical (unpaired) electrons. The zero-order valence-electron chi connectivity index (χ0n) is 7.29. The molecule has 0 atom stereocenters. The molecule has 0 N–H and O–H groups in total. The lowest BCUT2D eigenvalue weighted by Gasteiger charge is -1.98. The molecule has 0 bridgehead atoms. The van der Waals surface area contributed by atoms with Crippen molar-refractivity contribution in [2.24, 2.45) is 0 Å². The molecule has 0 saturated carbocycles. The number of nitrogens with zero attached hydrogens (tertiary/aromatic N) is 1. The van der Waals surface area contributed by atoms with E-state index in [0.29, 0.717) is 0 Å². The number of hydrogen-bond acceptors (Lipinski definition) is 2. The molecular formula is C10H11NS. The minimum Gasteiger partial charge on any atom is -0.245 e. The molecule has 62 valence electrons. The smallest absolute Gasteiger partial charge is 0.123 e. The Balaban J connectivity index is 2.84. The van der Waals surface area contributed by atoms with Crippen molar-refractivity contribution in [1.82, 2.24) is 4.98 Å². The van der Waals surface area contributed by atoms with Gasteiger partial charge in [0, 0.05) is 11.6 Å². The second kappa shape index (κ2) is 2.87. The molecule has 2 rings (SSSR count). The summed E-state index contributed by atoms with van der Waals surface area (Å²) in [5.74, 6) is 0. The lowest BCUT2D eigenvalue weighted by molar-refractivity contribution is 1.15. The van der Waals surface area contributed by atoms with Crippen LogP contribution in [-0.4, -0.2) is 4.98 Å². The SMILES string of the molecule is CCc1ccnc2scc(C)c12. The summed E-state index contributed by atoms with van der Waals surface area (Å²) >= 11 is 1.73. The van der Waals surface area contributed by atoms with Crippen LogP contribution in [0, 0.1) is 6.92 Å². The fourth-order valence-corrected chi connectivity index (χ4v) is 2.43. The average molecular weight is 177 g/mol. The summed E-state index contributed by atoms with van der Waals surface area (Å²) in [5.41, 5.74) is 2.78. The molecule has 0 spiro atoms. The van der Waals surface area contributed by atoms with Crippen LogP contribution in [0.15, 0.2) is 17.6 Å². The van der Waals surface area contributed by atoms with Gasteiger partial charge in [0.25, 0.3) is 0 Å². The Morgan fingerprint density at radius 2 is 2.33 bits per heavy atom. The maximum atomic E-state index is 4.33. The third-order valence-corrected chi connectivity index (χ3v) is 3.13. The van der Waals surface area contributed by atoms with Crippen LogP contribution in [0.4, 0.5) is 0 Å². The van der Waals surface area contributed by atoms with Crippen LogP contribution in [0.1, 0.15) is 18.1 Å². The van der Waals surface area contributed by atoms with Gasteiger partial charge in [0.05, 0.1) is 0 Å². The normalized spacial score (nSPS) is 10.8. The molecule has 1 nitrogen and oxygen atoms in total. The minimum absolute atomic E-state index is 1.09. The zero-order chi connectivity index (χ0) is 8.55. The molecule has 0 amide bonds. The van der Waals surface area contributed by atoms with Crippen LogP contribution < -0.4 is 0 Å². The highest BCUT2D eigenvalue weighted by Gasteiger charge is 2.04. The molecule has 0 unspecified atom stereocenters. The second-order valence-corrected chi connectivity index (χ2v) is 3.78. The maximum Gasteiger partial charge on any atom is 0.123 e. The third-order valence-electron chi connectivity index (χ3n) is 2.13. The predicted molar refractivity (Wildman–Crippen MR) is 53.7 cm³/mol. The topological polar surface area (TPSA) is 12.9 Å². The summed E-state index contributed by atoms with van der Waals surface area (Å²) in [4.78, 5) is 5.50. The molecule has 12 heavy (non-hydrogen) atoms. The molecule has 0 aliphatic carbocycles. The second-order valence-electron chi connectivity index (χ2n) is 2.92. The lowest BCUT2D eigenvalue weighted by Crippen LogP contribution is -1.83. The first kappa shape index (κ1) is 7.74. The number of hydrogen-bond donors (Lipinski definition) is 0. The molecule has 2 heteroatoms. The van der Waals surface area contributed by atoms with E-state index >= 15 is 0 Å². The van der Waals surface area contributed by atoms with E-state index in [9.17, 15) is 0 Å². The summed E-state index contributed by atoms with van der Waals surface area (Å²) in [7, 11) is 0. The Kier molecular flexibility index (Phi) is 1.85. The molecule has 0 aromatic carbocycles. The summed E-state index contributed by atoms with van der Waals surface area (Å²) in [6, 6.07) is 2.11. The summed E-state index contributed by atoms with van der Waals surface area (Å²) in [6.07, 6.45) is 2.99. The Morgan fingerprint density at radius 1 is 1.50 bits per heavy atom. The monoisotopic (exact) mass is 177 g/mol. The summed E-state index contributed by atoms with van der Waals surface area (Å²) in [5, 5.41) is 3.54. The van der Waals surface area contributed by atoms with Crippen LogP contribution in [0.3, 0.4) is 0 Å². The predicted octanol–water partition coefficient (Wildman–Crippen LogP) is 3.17. The van der Waals surface area contributed by atoms with Crippen LogP contribution in [0.2, 0.25) is 0 Å². The van der Waals surface area contributed by atoms with Crippen molar-refractivity contribution in [2.45, 2.75) is 20.3 Å². The first-order valence-corrected chi connectivity index (χ1v) is 5.02. The zero-order valence-corrected chi connectivity index (χ0v) is 8.11. The number of aromatic nitrogens is 1. The first-order valence-electron chi connectivity index (χ1n) is 4.14. The van der Waals surface area contributed by atoms with Crippen LogP contribution in [0.25, 0.3) is 10.2 Å². The number of pyridine rings is 1. The Morgan fingerprint density at radius 3 is 3.08 bits per heavy atom. The Labute approximate surface area is 76.1 Å². The van der Waals surface area contributed by atoms with Crippen molar-refractivity contribution in [3.63, 3.8) is 0 Å². The lowest BCUT2D eigenvalue weighted by atomic mass is 10.1. The van der Waals surface area contributed by atoms with Crippen molar-refractivity contribution < 1.29 is 0 Å². The molecule has 2 heterocycles. The van der Waals surface area contributed by atoms with Gasteiger partial charge in [-0.2, -0.15) is 0 Å². The van der Waals surface area contributed by atoms with E-state index in [0.717, 1.165) is 6.42 Å². The number of fused-ring (bicyclic) bond motifs is 1. The van der Waals surface area contributed by atoms with E-state index < -0.39 is 0 Å². The van der Waals surface area contributed by atoms with E-state index in [-0.39, 0.29) is 0 Å². The molecule has 0 saturated heterocycles. The van der Waals surface area contributed by atoms with Crippen molar-refractivity contribution in [3.05, 3.63) is 28.8 Å². The van der Waals surface area contributed by atoms with Crippen molar-refractivity contribution in [1.29, 1.82) is 0 Å². The quantitative estimate of drug-likeness (QED) is 0.652. The van der Waals surface area contributed by atoms with Gasteiger partial charge >= 0.3 is 0 Å². The molecule has 0 aliphatic heterocycles. The Hall–Kier alpha value is -0.890. The van der Waals surface area contributed by atoms with E-state index in [4.69, 9.17) is 0 Å². The van der Waals surface area contributed by atoms with E-state index in [1.165, 1.54) is 21.3 Å². The molecule has 0 fully saturated rings. The van der Waals surface area contributed by atoms with Crippen molar-refractivity contribution in [3.8, 4) is 0 Å². The third kappa shape index (κ3) is 1.03. The fourth-order valence-electron chi connectivity index (χ4n) is 1.49. The number of thiophene rings is 1. The first-order chi connectivity index (χ1) is 5.83. The highest BCUT2D eigenvalue weighted by atomic mass is 32.1. The van der Waals surface area contributed by atoms with Crippen molar-refractivity contribution >= 4 is 21.6 Å². The van der Waals surface area contributed by atoms with Crippen molar-refractivity contribution in [2.75, 3.05) is 0 Å². The average Bonchev–Trinajstić information content (AvgIpc) is 2.48. The van der Waals surface area contributed by atoms with Gasteiger partial charge in [-0.1, -0.05) is 6.92 Å². The largest absolute Gasteiger partial charge is 0.245 e. The highest BCUT2D eigenvalue weighted by Crippen LogP contribution is 2.26. The van der Waals surface area contributed by atoms with Crippen LogP contribution >= 0.6 is 11.3 Å². The Bertz CT molecular complexity index is 403. The van der Waals surface area contributed by atoms with Gasteiger partial charge in [0.15, 0.2) is 0 Å². The molecular weight excluding hydrogens is 166 g/mol. The standard InChI is InChI=1S/C10H11NS/c1-3-8-4-5-11-10-9(8)7(2)6-12-10/h4-6H,3H2,1-2H3. The van der Waals surface area contributed by atoms with Gasteiger partial charge in [-0.15, -0.1) is 11.3 Å². The van der Waals surface area contributed by atoms with Gasteiger partial charge in [-0.3, -0.25) is 0 Å². The fraction of sp³-hybridized carbons (Fsp3) is 0.300. The van der Waals surface area contributed by atoms with Crippen LogP contribution in [0.5, 0.6) is 0 Å². The van der Waals surface area contributed by atoms with E-state index in [2.05, 4.69) is 30.3 Å². The van der Waals surface area contributed by atoms with Gasteiger partial charge < -0.3 is 0 Å². The van der Waals surface area contributed by atoms with E-state index in [1.807, 2.05) is 6.20 Å². The van der Waals surface area contributed by atoms with Crippen LogP contribution in [-0.2, 0) is 6.42 Å². The minimum atomic E-state index is 1.09. The van der Waals surface area contributed by atoms with Gasteiger partial charge in [0.1, 0.15) is 4.83 Å². The molecule has 0 aliphatic rings.